The summed E-state index contributed by atoms with van der Waals surface area (Å²) in [5.41, 5.74) is -3.48. The second kappa shape index (κ2) is 8.00. The number of allylic oxidation sites excluding steroid dienone is 4. The number of fused-ring (bicyclic) bond motifs is 5. The highest BCUT2D eigenvalue weighted by molar-refractivity contribution is 6.01. The van der Waals surface area contributed by atoms with E-state index in [1.54, 1.807) is 26.8 Å². The van der Waals surface area contributed by atoms with E-state index >= 15 is 0 Å². The van der Waals surface area contributed by atoms with Crippen LogP contribution in [0.15, 0.2) is 23.5 Å². The molecule has 36 heavy (non-hydrogen) atoms. The van der Waals surface area contributed by atoms with Gasteiger partial charge in [-0.3, -0.25) is 9.59 Å². The summed E-state index contributed by atoms with van der Waals surface area (Å²) in [7, 11) is 0. The normalized spacial score (nSPS) is 43.5. The highest BCUT2D eigenvalue weighted by Gasteiger charge is 2.72. The quantitative estimate of drug-likeness (QED) is 0.406. The van der Waals surface area contributed by atoms with Crippen molar-refractivity contribution >= 4 is 11.6 Å². The van der Waals surface area contributed by atoms with E-state index in [4.69, 9.17) is 0 Å². The summed E-state index contributed by atoms with van der Waals surface area (Å²) < 4.78 is 0. The van der Waals surface area contributed by atoms with Gasteiger partial charge in [0.25, 0.3) is 0 Å². The fraction of sp³-hybridized carbons (Fsp3) is 0.800. The second-order valence-electron chi connectivity index (χ2n) is 14.4. The number of rotatable bonds is 5. The van der Waals surface area contributed by atoms with E-state index in [9.17, 15) is 30.0 Å². The van der Waals surface area contributed by atoms with Crippen molar-refractivity contribution in [3.05, 3.63) is 23.5 Å². The van der Waals surface area contributed by atoms with Crippen LogP contribution in [0.4, 0.5) is 0 Å². The molecule has 8 atom stereocenters. The van der Waals surface area contributed by atoms with Crippen molar-refractivity contribution in [1.82, 2.24) is 0 Å². The minimum absolute atomic E-state index is 0.0506. The summed E-state index contributed by atoms with van der Waals surface area (Å²) in [6, 6.07) is 0. The van der Waals surface area contributed by atoms with Crippen molar-refractivity contribution in [3.63, 3.8) is 0 Å². The largest absolute Gasteiger partial charge is 0.505 e. The minimum atomic E-state index is -1.71. The SMILES string of the molecule is CC(C)(O)CCC(=O)C(C)(O)C1C(O)CC2(C)C3CC=C4C(C=C(O)C(=O)C4(C)C)C3(C)CCC12C. The molecule has 4 rings (SSSR count). The summed E-state index contributed by atoms with van der Waals surface area (Å²) in [4.78, 5) is 26.1. The zero-order chi connectivity index (χ0) is 27.3. The van der Waals surface area contributed by atoms with Gasteiger partial charge in [0, 0.05) is 18.3 Å². The third-order valence-corrected chi connectivity index (χ3v) is 11.4. The standard InChI is InChI=1S/C30H46O6/c1-25(2,35)12-11-22(33)30(8,36)23-20(32)16-29(7)21-10-9-17-18(15-19(31)24(34)26(17,3)4)27(21,5)13-14-28(23,29)6/h9,15,18,20-21,23,31-32,35-36H,10-14,16H2,1-8H3. The molecule has 6 heteroatoms. The summed E-state index contributed by atoms with van der Waals surface area (Å²) in [6.07, 6.45) is 6.16. The first-order chi connectivity index (χ1) is 16.2. The number of hydrogen-bond acceptors (Lipinski definition) is 6. The minimum Gasteiger partial charge on any atom is -0.505 e. The Bertz CT molecular complexity index is 1030. The molecule has 0 radical (unpaired) electrons. The van der Waals surface area contributed by atoms with E-state index in [1.165, 1.54) is 0 Å². The molecule has 6 nitrogen and oxygen atoms in total. The van der Waals surface area contributed by atoms with Gasteiger partial charge in [-0.25, -0.2) is 0 Å². The molecule has 0 aromatic rings. The van der Waals surface area contributed by atoms with Crippen molar-refractivity contribution in [2.24, 2.45) is 39.4 Å². The number of aliphatic hydroxyl groups excluding tert-OH is 2. The Kier molecular flexibility index (Phi) is 6.12. The van der Waals surface area contributed by atoms with E-state index in [0.29, 0.717) is 6.42 Å². The van der Waals surface area contributed by atoms with Gasteiger partial charge in [0.05, 0.1) is 17.1 Å². The van der Waals surface area contributed by atoms with Crippen LogP contribution in [0.25, 0.3) is 0 Å². The van der Waals surface area contributed by atoms with Crippen LogP contribution in [0.2, 0.25) is 0 Å². The van der Waals surface area contributed by atoms with Crippen LogP contribution in [-0.4, -0.2) is 49.3 Å². The first-order valence-corrected chi connectivity index (χ1v) is 13.6. The topological polar surface area (TPSA) is 115 Å². The van der Waals surface area contributed by atoms with Gasteiger partial charge >= 0.3 is 0 Å². The Balaban J connectivity index is 1.73. The van der Waals surface area contributed by atoms with Crippen LogP contribution >= 0.6 is 0 Å². The molecule has 8 unspecified atom stereocenters. The van der Waals surface area contributed by atoms with E-state index in [1.807, 2.05) is 13.8 Å². The van der Waals surface area contributed by atoms with Crippen LogP contribution in [0, 0.1) is 39.4 Å². The van der Waals surface area contributed by atoms with E-state index < -0.39 is 34.1 Å². The maximum atomic E-state index is 13.3. The maximum Gasteiger partial charge on any atom is 0.206 e. The summed E-state index contributed by atoms with van der Waals surface area (Å²) in [5, 5.41) is 43.8. The number of ketones is 2. The number of aliphatic hydroxyl groups is 4. The lowest BCUT2D eigenvalue weighted by molar-refractivity contribution is -0.174. The monoisotopic (exact) mass is 502 g/mol. The van der Waals surface area contributed by atoms with Gasteiger partial charge in [0.15, 0.2) is 11.5 Å². The number of carbonyl (C=O) groups excluding carboxylic acids is 2. The molecule has 202 valence electrons. The molecule has 4 aliphatic rings. The number of Topliss-reactive ketones (excluding diaryl/α,β-unsaturated/α-hetero) is 2. The van der Waals surface area contributed by atoms with Crippen molar-refractivity contribution in [2.75, 3.05) is 0 Å². The molecular formula is C30H46O6. The summed E-state index contributed by atoms with van der Waals surface area (Å²) in [5.74, 6) is -1.28. The molecule has 0 spiro atoms. The summed E-state index contributed by atoms with van der Waals surface area (Å²) >= 11 is 0. The van der Waals surface area contributed by atoms with Crippen molar-refractivity contribution in [1.29, 1.82) is 0 Å². The van der Waals surface area contributed by atoms with Crippen molar-refractivity contribution in [3.8, 4) is 0 Å². The fourth-order valence-corrected chi connectivity index (χ4v) is 9.06. The molecular weight excluding hydrogens is 456 g/mol. The molecule has 0 heterocycles. The lowest BCUT2D eigenvalue weighted by Crippen LogP contribution is -2.61. The lowest BCUT2D eigenvalue weighted by Gasteiger charge is -2.64. The predicted octanol–water partition coefficient (Wildman–Crippen LogP) is 4.66. The Morgan fingerprint density at radius 1 is 1.06 bits per heavy atom. The molecule has 0 amide bonds. The molecule has 0 aromatic carbocycles. The Hall–Kier alpha value is -1.50. The van der Waals surface area contributed by atoms with Gasteiger partial charge in [-0.2, -0.15) is 0 Å². The van der Waals surface area contributed by atoms with Gasteiger partial charge in [0.2, 0.25) is 5.78 Å². The Morgan fingerprint density at radius 2 is 1.67 bits per heavy atom. The smallest absolute Gasteiger partial charge is 0.206 e. The highest BCUT2D eigenvalue weighted by atomic mass is 16.3. The molecule has 4 aliphatic carbocycles. The van der Waals surface area contributed by atoms with Crippen LogP contribution in [0.1, 0.15) is 93.9 Å². The molecule has 4 N–H and O–H groups in total. The number of carbonyl (C=O) groups is 2. The average molecular weight is 503 g/mol. The first kappa shape index (κ1) is 27.5. The zero-order valence-electron chi connectivity index (χ0n) is 23.3. The van der Waals surface area contributed by atoms with E-state index in [0.717, 1.165) is 24.8 Å². The third kappa shape index (κ3) is 3.61. The average Bonchev–Trinajstić information content (AvgIpc) is 2.96. The van der Waals surface area contributed by atoms with Crippen LogP contribution < -0.4 is 0 Å². The Labute approximate surface area is 215 Å². The van der Waals surface area contributed by atoms with E-state index in [-0.39, 0.29) is 52.8 Å². The summed E-state index contributed by atoms with van der Waals surface area (Å²) in [6.45, 7) is 15.2. The van der Waals surface area contributed by atoms with Gasteiger partial charge in [-0.05, 0) is 95.0 Å². The molecule has 0 aliphatic heterocycles. The van der Waals surface area contributed by atoms with Gasteiger partial charge in [-0.15, -0.1) is 0 Å². The van der Waals surface area contributed by atoms with Gasteiger partial charge in [0.1, 0.15) is 5.60 Å². The zero-order valence-corrected chi connectivity index (χ0v) is 23.3. The van der Waals surface area contributed by atoms with Crippen molar-refractivity contribution < 1.29 is 30.0 Å². The van der Waals surface area contributed by atoms with Gasteiger partial charge in [-0.1, -0.05) is 32.4 Å². The van der Waals surface area contributed by atoms with Crippen LogP contribution in [-0.2, 0) is 9.59 Å². The number of hydrogen-bond donors (Lipinski definition) is 4. The molecule has 0 bridgehead atoms. The molecule has 2 saturated carbocycles. The lowest BCUT2D eigenvalue weighted by atomic mass is 9.39. The molecule has 0 aromatic heterocycles. The van der Waals surface area contributed by atoms with E-state index in [2.05, 4.69) is 26.8 Å². The molecule has 2 fully saturated rings. The third-order valence-electron chi connectivity index (χ3n) is 11.4. The molecule has 0 saturated heterocycles. The highest BCUT2D eigenvalue weighted by Crippen LogP contribution is 2.74. The second-order valence-corrected chi connectivity index (χ2v) is 14.4. The Morgan fingerprint density at radius 3 is 2.25 bits per heavy atom. The first-order valence-electron chi connectivity index (χ1n) is 13.6. The van der Waals surface area contributed by atoms with Crippen LogP contribution in [0.5, 0.6) is 0 Å². The van der Waals surface area contributed by atoms with Crippen molar-refractivity contribution in [2.45, 2.75) is 111 Å². The van der Waals surface area contributed by atoms with Crippen LogP contribution in [0.3, 0.4) is 0 Å². The fourth-order valence-electron chi connectivity index (χ4n) is 9.06. The maximum absolute atomic E-state index is 13.3. The predicted molar refractivity (Wildman–Crippen MR) is 138 cm³/mol. The van der Waals surface area contributed by atoms with Gasteiger partial charge < -0.3 is 20.4 Å².